The summed E-state index contributed by atoms with van der Waals surface area (Å²) >= 11 is 0. The first-order chi connectivity index (χ1) is 8.74. The molecule has 0 bridgehead atoms. The Balaban J connectivity index is 2.27. The molecule has 0 aliphatic heterocycles. The maximum Gasteiger partial charge on any atom is 0.131 e. The Morgan fingerprint density at radius 1 is 0.889 bits per heavy atom. The van der Waals surface area contributed by atoms with Crippen molar-refractivity contribution in [1.82, 2.24) is 0 Å². The topological polar surface area (TPSA) is 40.5 Å². The van der Waals surface area contributed by atoms with Gasteiger partial charge in [-0.05, 0) is 17.2 Å². The van der Waals surface area contributed by atoms with E-state index in [0.29, 0.717) is 5.56 Å². The summed E-state index contributed by atoms with van der Waals surface area (Å²) in [4.78, 5) is 0. The van der Waals surface area contributed by atoms with Gasteiger partial charge in [-0.25, -0.2) is 0 Å². The first kappa shape index (κ1) is 12.6. The molecule has 0 amide bonds. The van der Waals surface area contributed by atoms with E-state index in [0.717, 1.165) is 5.56 Å². The monoisotopic (exact) mass is 240 g/mol. The zero-order valence-electron chi connectivity index (χ0n) is 10.0. The van der Waals surface area contributed by atoms with Gasteiger partial charge in [-0.15, -0.1) is 0 Å². The summed E-state index contributed by atoms with van der Waals surface area (Å²) in [6.07, 6.45) is 3.43. The van der Waals surface area contributed by atoms with E-state index >= 15 is 0 Å². The SMILES string of the molecule is OC[C@](O)(/C=C/c1ccccc1)c1ccccc1. The summed E-state index contributed by atoms with van der Waals surface area (Å²) in [5.41, 5.74) is 0.330. The van der Waals surface area contributed by atoms with Crippen LogP contribution in [0.3, 0.4) is 0 Å². The van der Waals surface area contributed by atoms with Crippen LogP contribution in [0.25, 0.3) is 6.08 Å². The summed E-state index contributed by atoms with van der Waals surface area (Å²) in [6.45, 7) is -0.347. The van der Waals surface area contributed by atoms with Crippen LogP contribution in [0.1, 0.15) is 11.1 Å². The van der Waals surface area contributed by atoms with E-state index in [9.17, 15) is 10.2 Å². The molecule has 0 unspecified atom stereocenters. The summed E-state index contributed by atoms with van der Waals surface area (Å²) in [5, 5.41) is 19.8. The average Bonchev–Trinajstić information content (AvgIpc) is 2.47. The van der Waals surface area contributed by atoms with Crippen LogP contribution in [0.4, 0.5) is 0 Å². The maximum atomic E-state index is 10.4. The fourth-order valence-corrected chi connectivity index (χ4v) is 1.77. The number of benzene rings is 2. The van der Waals surface area contributed by atoms with Gasteiger partial charge >= 0.3 is 0 Å². The molecule has 2 aromatic rings. The highest BCUT2D eigenvalue weighted by atomic mass is 16.3. The van der Waals surface area contributed by atoms with Crippen molar-refractivity contribution in [3.05, 3.63) is 77.9 Å². The van der Waals surface area contributed by atoms with E-state index in [2.05, 4.69) is 0 Å². The first-order valence-corrected chi connectivity index (χ1v) is 5.88. The molecular weight excluding hydrogens is 224 g/mol. The number of rotatable bonds is 4. The van der Waals surface area contributed by atoms with Crippen molar-refractivity contribution in [2.75, 3.05) is 6.61 Å². The van der Waals surface area contributed by atoms with E-state index in [1.54, 1.807) is 18.2 Å². The van der Waals surface area contributed by atoms with Gasteiger partial charge in [0.05, 0.1) is 6.61 Å². The highest BCUT2D eigenvalue weighted by Gasteiger charge is 2.24. The molecule has 1 atom stereocenters. The molecule has 0 spiro atoms. The number of aliphatic hydroxyl groups is 2. The first-order valence-electron chi connectivity index (χ1n) is 5.88. The molecule has 0 aliphatic carbocycles. The lowest BCUT2D eigenvalue weighted by molar-refractivity contribution is 0.0249. The van der Waals surface area contributed by atoms with Crippen LogP contribution in [0.5, 0.6) is 0 Å². The molecule has 0 fully saturated rings. The smallest absolute Gasteiger partial charge is 0.131 e. The number of aliphatic hydroxyl groups excluding tert-OH is 1. The normalized spacial score (nSPS) is 14.6. The molecule has 18 heavy (non-hydrogen) atoms. The third-order valence-corrected chi connectivity index (χ3v) is 2.87. The van der Waals surface area contributed by atoms with Gasteiger partial charge in [-0.2, -0.15) is 0 Å². The minimum atomic E-state index is -1.34. The van der Waals surface area contributed by atoms with Crippen molar-refractivity contribution in [2.45, 2.75) is 5.60 Å². The third-order valence-electron chi connectivity index (χ3n) is 2.87. The van der Waals surface area contributed by atoms with Gasteiger partial charge in [0.2, 0.25) is 0 Å². The van der Waals surface area contributed by atoms with Crippen LogP contribution >= 0.6 is 0 Å². The Labute approximate surface area is 107 Å². The van der Waals surface area contributed by atoms with Gasteiger partial charge in [0, 0.05) is 0 Å². The minimum absolute atomic E-state index is 0.347. The Morgan fingerprint density at radius 2 is 1.44 bits per heavy atom. The highest BCUT2D eigenvalue weighted by molar-refractivity contribution is 5.51. The number of hydrogen-bond acceptors (Lipinski definition) is 2. The summed E-state index contributed by atoms with van der Waals surface area (Å²) in [7, 11) is 0. The number of hydrogen-bond donors (Lipinski definition) is 2. The summed E-state index contributed by atoms with van der Waals surface area (Å²) in [6, 6.07) is 18.8. The van der Waals surface area contributed by atoms with Gasteiger partial charge in [0.15, 0.2) is 0 Å². The van der Waals surface area contributed by atoms with Gasteiger partial charge < -0.3 is 10.2 Å². The average molecular weight is 240 g/mol. The second-order valence-corrected chi connectivity index (χ2v) is 4.19. The van der Waals surface area contributed by atoms with Crippen molar-refractivity contribution in [3.63, 3.8) is 0 Å². The van der Waals surface area contributed by atoms with Crippen molar-refractivity contribution >= 4 is 6.08 Å². The van der Waals surface area contributed by atoms with Crippen LogP contribution in [0.15, 0.2) is 66.7 Å². The molecule has 0 saturated carbocycles. The molecule has 0 saturated heterocycles. The van der Waals surface area contributed by atoms with Crippen molar-refractivity contribution in [1.29, 1.82) is 0 Å². The van der Waals surface area contributed by atoms with Gasteiger partial charge in [-0.1, -0.05) is 66.7 Å². The van der Waals surface area contributed by atoms with Crippen LogP contribution in [0.2, 0.25) is 0 Å². The Hall–Kier alpha value is -1.90. The Kier molecular flexibility index (Phi) is 3.92. The molecule has 0 heterocycles. The lowest BCUT2D eigenvalue weighted by Crippen LogP contribution is -2.27. The highest BCUT2D eigenvalue weighted by Crippen LogP contribution is 2.23. The van der Waals surface area contributed by atoms with Crippen LogP contribution in [0, 0.1) is 0 Å². The fraction of sp³-hybridized carbons (Fsp3) is 0.125. The zero-order valence-corrected chi connectivity index (χ0v) is 10.0. The molecule has 0 aromatic heterocycles. The molecule has 2 N–H and O–H groups in total. The van der Waals surface area contributed by atoms with Crippen LogP contribution in [-0.4, -0.2) is 16.8 Å². The summed E-state index contributed by atoms with van der Waals surface area (Å²) in [5.74, 6) is 0. The van der Waals surface area contributed by atoms with Crippen LogP contribution in [-0.2, 0) is 5.60 Å². The van der Waals surface area contributed by atoms with Crippen molar-refractivity contribution < 1.29 is 10.2 Å². The molecule has 2 aromatic carbocycles. The molecule has 92 valence electrons. The van der Waals surface area contributed by atoms with E-state index < -0.39 is 5.60 Å². The Morgan fingerprint density at radius 3 is 2.00 bits per heavy atom. The zero-order chi connectivity index (χ0) is 12.8. The third kappa shape index (κ3) is 2.86. The standard InChI is InChI=1S/C16H16O2/c17-13-16(18,15-9-5-2-6-10-15)12-11-14-7-3-1-4-8-14/h1-12,17-18H,13H2/b12-11+/t16-/m1/s1. The molecule has 2 rings (SSSR count). The molecular formula is C16H16O2. The Bertz CT molecular complexity index is 505. The minimum Gasteiger partial charge on any atom is -0.393 e. The van der Waals surface area contributed by atoms with Crippen LogP contribution < -0.4 is 0 Å². The van der Waals surface area contributed by atoms with Gasteiger partial charge in [0.25, 0.3) is 0 Å². The van der Waals surface area contributed by atoms with E-state index in [1.165, 1.54) is 0 Å². The molecule has 0 aliphatic rings. The fourth-order valence-electron chi connectivity index (χ4n) is 1.77. The van der Waals surface area contributed by atoms with Crippen molar-refractivity contribution in [3.8, 4) is 0 Å². The second-order valence-electron chi connectivity index (χ2n) is 4.19. The summed E-state index contributed by atoms with van der Waals surface area (Å²) < 4.78 is 0. The lowest BCUT2D eigenvalue weighted by atomic mass is 9.93. The predicted molar refractivity (Wildman–Crippen MR) is 72.9 cm³/mol. The molecule has 0 radical (unpaired) electrons. The van der Waals surface area contributed by atoms with Gasteiger partial charge in [-0.3, -0.25) is 0 Å². The van der Waals surface area contributed by atoms with E-state index in [-0.39, 0.29) is 6.61 Å². The lowest BCUT2D eigenvalue weighted by Gasteiger charge is -2.22. The van der Waals surface area contributed by atoms with E-state index in [4.69, 9.17) is 0 Å². The second kappa shape index (κ2) is 5.63. The quantitative estimate of drug-likeness (QED) is 0.862. The molecule has 2 nitrogen and oxygen atoms in total. The van der Waals surface area contributed by atoms with E-state index in [1.807, 2.05) is 54.6 Å². The molecule has 2 heteroatoms. The predicted octanol–water partition coefficient (Wildman–Crippen LogP) is 2.58. The van der Waals surface area contributed by atoms with Crippen molar-refractivity contribution in [2.24, 2.45) is 0 Å². The maximum absolute atomic E-state index is 10.4. The largest absolute Gasteiger partial charge is 0.393 e. The van der Waals surface area contributed by atoms with Gasteiger partial charge in [0.1, 0.15) is 5.60 Å².